The average molecular weight is 375 g/mol. The third-order valence-corrected chi connectivity index (χ3v) is 6.78. The second-order valence-electron chi connectivity index (χ2n) is 6.67. The van der Waals surface area contributed by atoms with E-state index in [2.05, 4.69) is 31.0 Å². The van der Waals surface area contributed by atoms with Crippen LogP contribution in [0.3, 0.4) is 0 Å². The van der Waals surface area contributed by atoms with Crippen LogP contribution in [0.4, 0.5) is 0 Å². The van der Waals surface area contributed by atoms with Crippen molar-refractivity contribution in [2.45, 2.75) is 24.4 Å². The van der Waals surface area contributed by atoms with Crippen LogP contribution < -0.4 is 0 Å². The lowest BCUT2D eigenvalue weighted by Gasteiger charge is -2.27. The Kier molecular flexibility index (Phi) is 6.09. The Morgan fingerprint density at radius 1 is 1.08 bits per heavy atom. The molecule has 0 bridgehead atoms. The highest BCUT2D eigenvalue weighted by atomic mass is 32.2. The standard InChI is InChI=1S/C20H26N2O3S/c1-17(19-8-4-3-5-9-19)21(2)16-18-7-6-10-20(15-18)26(23,24)22-11-13-25-14-12-22/h3-10,15,17H,11-14,16H2,1-2H3. The maximum absolute atomic E-state index is 12.8. The normalized spacial score (nSPS) is 17.3. The second-order valence-corrected chi connectivity index (χ2v) is 8.60. The van der Waals surface area contributed by atoms with Gasteiger partial charge in [-0.25, -0.2) is 8.42 Å². The van der Waals surface area contributed by atoms with E-state index in [4.69, 9.17) is 4.74 Å². The zero-order valence-electron chi connectivity index (χ0n) is 15.3. The molecule has 0 amide bonds. The van der Waals surface area contributed by atoms with Gasteiger partial charge in [-0.3, -0.25) is 4.90 Å². The Hall–Kier alpha value is -1.73. The molecule has 0 saturated carbocycles. The van der Waals surface area contributed by atoms with Crippen LogP contribution in [-0.2, 0) is 21.3 Å². The van der Waals surface area contributed by atoms with Gasteiger partial charge in [0.25, 0.3) is 0 Å². The maximum atomic E-state index is 12.8. The maximum Gasteiger partial charge on any atom is 0.243 e. The van der Waals surface area contributed by atoms with Crippen LogP contribution in [0.5, 0.6) is 0 Å². The summed E-state index contributed by atoms with van der Waals surface area (Å²) in [7, 11) is -1.40. The van der Waals surface area contributed by atoms with E-state index >= 15 is 0 Å². The SMILES string of the molecule is CC(c1ccccc1)N(C)Cc1cccc(S(=O)(=O)N2CCOCC2)c1. The van der Waals surface area contributed by atoms with Crippen molar-refractivity contribution >= 4 is 10.0 Å². The molecule has 1 saturated heterocycles. The molecule has 26 heavy (non-hydrogen) atoms. The van der Waals surface area contributed by atoms with Crippen LogP contribution >= 0.6 is 0 Å². The summed E-state index contributed by atoms with van der Waals surface area (Å²) >= 11 is 0. The second kappa shape index (κ2) is 8.31. The number of sulfonamides is 1. The average Bonchev–Trinajstić information content (AvgIpc) is 2.69. The van der Waals surface area contributed by atoms with Crippen LogP contribution in [0.25, 0.3) is 0 Å². The third kappa shape index (κ3) is 4.32. The highest BCUT2D eigenvalue weighted by Crippen LogP contribution is 2.23. The molecule has 0 spiro atoms. The van der Waals surface area contributed by atoms with E-state index in [0.717, 1.165) is 5.56 Å². The smallest absolute Gasteiger partial charge is 0.243 e. The van der Waals surface area contributed by atoms with Gasteiger partial charge in [-0.2, -0.15) is 4.31 Å². The molecule has 2 aromatic carbocycles. The van der Waals surface area contributed by atoms with Gasteiger partial charge in [-0.05, 0) is 37.2 Å². The molecule has 0 radical (unpaired) electrons. The van der Waals surface area contributed by atoms with Gasteiger partial charge in [-0.15, -0.1) is 0 Å². The largest absolute Gasteiger partial charge is 0.379 e. The zero-order chi connectivity index (χ0) is 18.6. The molecule has 0 N–H and O–H groups in total. The van der Waals surface area contributed by atoms with Crippen molar-refractivity contribution in [3.05, 3.63) is 65.7 Å². The van der Waals surface area contributed by atoms with Crippen molar-refractivity contribution < 1.29 is 13.2 Å². The summed E-state index contributed by atoms with van der Waals surface area (Å²) in [6.45, 7) is 4.58. The molecule has 2 aromatic rings. The van der Waals surface area contributed by atoms with Crippen molar-refractivity contribution in [2.75, 3.05) is 33.4 Å². The molecule has 1 unspecified atom stereocenters. The number of hydrogen-bond acceptors (Lipinski definition) is 4. The lowest BCUT2D eigenvalue weighted by Crippen LogP contribution is -2.40. The van der Waals surface area contributed by atoms with E-state index in [9.17, 15) is 8.42 Å². The summed E-state index contributed by atoms with van der Waals surface area (Å²) in [5, 5.41) is 0. The topological polar surface area (TPSA) is 49.9 Å². The van der Waals surface area contributed by atoms with Gasteiger partial charge in [0, 0.05) is 25.7 Å². The first-order chi connectivity index (χ1) is 12.5. The van der Waals surface area contributed by atoms with E-state index in [1.165, 1.54) is 9.87 Å². The third-order valence-electron chi connectivity index (χ3n) is 4.88. The summed E-state index contributed by atoms with van der Waals surface area (Å²) in [5.74, 6) is 0. The minimum Gasteiger partial charge on any atom is -0.379 e. The molecular formula is C20H26N2O3S. The summed E-state index contributed by atoms with van der Waals surface area (Å²) in [6, 6.07) is 17.8. The predicted octanol–water partition coefficient (Wildman–Crippen LogP) is 2.90. The molecule has 1 fully saturated rings. The summed E-state index contributed by atoms with van der Waals surface area (Å²) in [4.78, 5) is 2.58. The fourth-order valence-electron chi connectivity index (χ4n) is 3.15. The first kappa shape index (κ1) is 19.0. The summed E-state index contributed by atoms with van der Waals surface area (Å²) in [6.07, 6.45) is 0. The number of nitrogens with zero attached hydrogens (tertiary/aromatic N) is 2. The first-order valence-corrected chi connectivity index (χ1v) is 10.3. The van der Waals surface area contributed by atoms with Crippen molar-refractivity contribution in [2.24, 2.45) is 0 Å². The number of morpholine rings is 1. The predicted molar refractivity (Wildman–Crippen MR) is 102 cm³/mol. The van der Waals surface area contributed by atoms with Crippen LogP contribution in [0, 0.1) is 0 Å². The van der Waals surface area contributed by atoms with Crippen molar-refractivity contribution in [3.63, 3.8) is 0 Å². The van der Waals surface area contributed by atoms with Crippen LogP contribution in [0.2, 0.25) is 0 Å². The Morgan fingerprint density at radius 3 is 2.46 bits per heavy atom. The molecule has 1 aliphatic rings. The minimum atomic E-state index is -3.46. The van der Waals surface area contributed by atoms with Crippen LogP contribution in [0.15, 0.2) is 59.5 Å². The van der Waals surface area contributed by atoms with Gasteiger partial charge in [0.05, 0.1) is 18.1 Å². The number of ether oxygens (including phenoxy) is 1. The van der Waals surface area contributed by atoms with Crippen molar-refractivity contribution in [3.8, 4) is 0 Å². The zero-order valence-corrected chi connectivity index (χ0v) is 16.2. The Labute approximate surface area is 156 Å². The van der Waals surface area contributed by atoms with E-state index in [1.807, 2.05) is 30.3 Å². The summed E-state index contributed by atoms with van der Waals surface area (Å²) in [5.41, 5.74) is 2.23. The van der Waals surface area contributed by atoms with E-state index < -0.39 is 10.0 Å². The minimum absolute atomic E-state index is 0.246. The van der Waals surface area contributed by atoms with Gasteiger partial charge in [0.15, 0.2) is 0 Å². The van der Waals surface area contributed by atoms with E-state index in [1.54, 1.807) is 12.1 Å². The molecule has 0 aliphatic carbocycles. The van der Waals surface area contributed by atoms with Gasteiger partial charge in [0.1, 0.15) is 0 Å². The van der Waals surface area contributed by atoms with Crippen molar-refractivity contribution in [1.82, 2.24) is 9.21 Å². The molecule has 0 aromatic heterocycles. The van der Waals surface area contributed by atoms with Gasteiger partial charge in [-0.1, -0.05) is 42.5 Å². The molecular weight excluding hydrogens is 348 g/mol. The van der Waals surface area contributed by atoms with Crippen LogP contribution in [0.1, 0.15) is 24.1 Å². The molecule has 1 atom stereocenters. The number of benzene rings is 2. The number of rotatable bonds is 6. The molecule has 1 heterocycles. The van der Waals surface area contributed by atoms with E-state index in [-0.39, 0.29) is 6.04 Å². The van der Waals surface area contributed by atoms with Gasteiger partial charge < -0.3 is 4.74 Å². The number of hydrogen-bond donors (Lipinski definition) is 0. The van der Waals surface area contributed by atoms with Gasteiger partial charge >= 0.3 is 0 Å². The Bertz CT molecular complexity index is 818. The molecule has 3 rings (SSSR count). The lowest BCUT2D eigenvalue weighted by atomic mass is 10.1. The van der Waals surface area contributed by atoms with Crippen LogP contribution in [-0.4, -0.2) is 51.0 Å². The van der Waals surface area contributed by atoms with E-state index in [0.29, 0.717) is 37.7 Å². The lowest BCUT2D eigenvalue weighted by molar-refractivity contribution is 0.0730. The molecule has 5 nitrogen and oxygen atoms in total. The first-order valence-electron chi connectivity index (χ1n) is 8.90. The summed E-state index contributed by atoms with van der Waals surface area (Å²) < 4.78 is 32.4. The Balaban J connectivity index is 1.75. The quantitative estimate of drug-likeness (QED) is 0.780. The van der Waals surface area contributed by atoms with Gasteiger partial charge in [0.2, 0.25) is 10.0 Å². The highest BCUT2D eigenvalue weighted by Gasteiger charge is 2.26. The monoisotopic (exact) mass is 374 g/mol. The highest BCUT2D eigenvalue weighted by molar-refractivity contribution is 7.89. The Morgan fingerprint density at radius 2 is 1.77 bits per heavy atom. The fourth-order valence-corrected chi connectivity index (χ4v) is 4.63. The fraction of sp³-hybridized carbons (Fsp3) is 0.400. The molecule has 6 heteroatoms. The van der Waals surface area contributed by atoms with Crippen molar-refractivity contribution in [1.29, 1.82) is 0 Å². The molecule has 1 aliphatic heterocycles. The molecule has 140 valence electrons.